The predicted octanol–water partition coefficient (Wildman–Crippen LogP) is 3.52. The van der Waals surface area contributed by atoms with Crippen LogP contribution in [-0.2, 0) is 15.0 Å². The summed E-state index contributed by atoms with van der Waals surface area (Å²) in [5, 5.41) is 6.24. The van der Waals surface area contributed by atoms with E-state index in [0.29, 0.717) is 6.04 Å². The molecule has 1 aromatic rings. The fraction of sp³-hybridized carbons (Fsp3) is 0.600. The van der Waals surface area contributed by atoms with Crippen LogP contribution in [0.25, 0.3) is 0 Å². The molecule has 0 aromatic heterocycles. The summed E-state index contributed by atoms with van der Waals surface area (Å²) in [4.78, 5) is 24.6. The van der Waals surface area contributed by atoms with Crippen LogP contribution in [0.1, 0.15) is 63.4 Å². The number of benzene rings is 1. The van der Waals surface area contributed by atoms with Crippen LogP contribution in [0, 0.1) is 5.92 Å². The maximum Gasteiger partial charge on any atom is 0.230 e. The lowest BCUT2D eigenvalue weighted by Gasteiger charge is -2.25. The lowest BCUT2D eigenvalue weighted by Crippen LogP contribution is -2.42. The molecule has 2 N–H and O–H groups in total. The Morgan fingerprint density at radius 3 is 2.17 bits per heavy atom. The number of amides is 2. The van der Waals surface area contributed by atoms with Gasteiger partial charge in [-0.15, -0.1) is 0 Å². The minimum atomic E-state index is -0.323. The quantitative estimate of drug-likeness (QED) is 0.870. The Balaban J connectivity index is 1.40. The third-order valence-electron chi connectivity index (χ3n) is 5.78. The van der Waals surface area contributed by atoms with Gasteiger partial charge >= 0.3 is 0 Å². The van der Waals surface area contributed by atoms with E-state index in [9.17, 15) is 9.59 Å². The molecule has 0 bridgehead atoms. The molecule has 1 aromatic carbocycles. The SMILES string of the molecule is O=C(Nc1ccc(C2(C(=O)NC3CCCCC3)CC2)cc1)C1CC1. The van der Waals surface area contributed by atoms with E-state index in [1.54, 1.807) is 0 Å². The summed E-state index contributed by atoms with van der Waals surface area (Å²) >= 11 is 0. The molecule has 128 valence electrons. The molecule has 0 spiro atoms. The molecule has 0 unspecified atom stereocenters. The first-order chi connectivity index (χ1) is 11.7. The highest BCUT2D eigenvalue weighted by Crippen LogP contribution is 2.48. The number of rotatable bonds is 5. The fourth-order valence-corrected chi connectivity index (χ4v) is 3.80. The van der Waals surface area contributed by atoms with Crippen LogP contribution in [0.3, 0.4) is 0 Å². The molecule has 0 heterocycles. The van der Waals surface area contributed by atoms with Gasteiger partial charge in [0.15, 0.2) is 0 Å². The molecule has 24 heavy (non-hydrogen) atoms. The highest BCUT2D eigenvalue weighted by atomic mass is 16.2. The van der Waals surface area contributed by atoms with Crippen molar-refractivity contribution in [1.29, 1.82) is 0 Å². The van der Waals surface area contributed by atoms with Crippen molar-refractivity contribution in [2.24, 2.45) is 5.92 Å². The number of anilines is 1. The fourth-order valence-electron chi connectivity index (χ4n) is 3.80. The first kappa shape index (κ1) is 15.7. The summed E-state index contributed by atoms with van der Waals surface area (Å²) in [6.45, 7) is 0. The summed E-state index contributed by atoms with van der Waals surface area (Å²) in [6.07, 6.45) is 9.87. The second kappa shape index (κ2) is 6.23. The molecule has 3 fully saturated rings. The zero-order valence-electron chi connectivity index (χ0n) is 14.1. The highest BCUT2D eigenvalue weighted by Gasteiger charge is 2.51. The van der Waals surface area contributed by atoms with Gasteiger partial charge in [-0.2, -0.15) is 0 Å². The van der Waals surface area contributed by atoms with Gasteiger partial charge in [0.2, 0.25) is 11.8 Å². The van der Waals surface area contributed by atoms with Crippen molar-refractivity contribution in [1.82, 2.24) is 5.32 Å². The van der Waals surface area contributed by atoms with Gasteiger partial charge in [-0.25, -0.2) is 0 Å². The molecule has 3 aliphatic rings. The van der Waals surface area contributed by atoms with E-state index in [0.717, 1.165) is 49.8 Å². The highest BCUT2D eigenvalue weighted by molar-refractivity contribution is 5.94. The molecule has 0 radical (unpaired) electrons. The number of nitrogens with one attached hydrogen (secondary N) is 2. The van der Waals surface area contributed by atoms with Crippen molar-refractivity contribution in [2.75, 3.05) is 5.32 Å². The molecule has 4 nitrogen and oxygen atoms in total. The van der Waals surface area contributed by atoms with E-state index in [1.165, 1.54) is 19.3 Å². The summed E-state index contributed by atoms with van der Waals surface area (Å²) in [6, 6.07) is 8.25. The standard InChI is InChI=1S/C20H26N2O2/c23-18(14-6-7-14)21-17-10-8-15(9-11-17)20(12-13-20)19(24)22-16-4-2-1-3-5-16/h8-11,14,16H,1-7,12-13H2,(H,21,23)(H,22,24). The van der Waals surface area contributed by atoms with Crippen molar-refractivity contribution in [3.8, 4) is 0 Å². The van der Waals surface area contributed by atoms with Crippen LogP contribution in [0.2, 0.25) is 0 Å². The summed E-state index contributed by atoms with van der Waals surface area (Å²) in [5.41, 5.74) is 1.59. The molecule has 0 atom stereocenters. The molecule has 3 saturated carbocycles. The minimum absolute atomic E-state index is 0.124. The van der Waals surface area contributed by atoms with Crippen LogP contribution in [-0.4, -0.2) is 17.9 Å². The molecule has 2 amide bonds. The van der Waals surface area contributed by atoms with Crippen LogP contribution >= 0.6 is 0 Å². The lowest BCUT2D eigenvalue weighted by molar-refractivity contribution is -0.124. The molecule has 4 heteroatoms. The summed E-state index contributed by atoms with van der Waals surface area (Å²) in [5.74, 6) is 0.531. The van der Waals surface area contributed by atoms with Gasteiger partial charge in [0.1, 0.15) is 0 Å². The third-order valence-corrected chi connectivity index (χ3v) is 5.78. The van der Waals surface area contributed by atoms with Crippen molar-refractivity contribution in [2.45, 2.75) is 69.2 Å². The van der Waals surface area contributed by atoms with E-state index in [1.807, 2.05) is 24.3 Å². The number of carbonyl (C=O) groups is 2. The monoisotopic (exact) mass is 326 g/mol. The Hall–Kier alpha value is -1.84. The van der Waals surface area contributed by atoms with E-state index in [2.05, 4.69) is 10.6 Å². The summed E-state index contributed by atoms with van der Waals surface area (Å²) in [7, 11) is 0. The second-order valence-electron chi connectivity index (χ2n) is 7.73. The topological polar surface area (TPSA) is 58.2 Å². The summed E-state index contributed by atoms with van der Waals surface area (Å²) < 4.78 is 0. The van der Waals surface area contributed by atoms with Gasteiger partial charge < -0.3 is 10.6 Å². The Kier molecular flexibility index (Phi) is 4.07. The number of hydrogen-bond donors (Lipinski definition) is 2. The third kappa shape index (κ3) is 3.19. The normalized spacial score (nSPS) is 22.7. The number of hydrogen-bond acceptors (Lipinski definition) is 2. The minimum Gasteiger partial charge on any atom is -0.353 e. The van der Waals surface area contributed by atoms with Crippen LogP contribution < -0.4 is 10.6 Å². The zero-order chi connectivity index (χ0) is 16.6. The van der Waals surface area contributed by atoms with Gasteiger partial charge in [-0.05, 0) is 56.2 Å². The van der Waals surface area contributed by atoms with Gasteiger partial charge in [-0.3, -0.25) is 9.59 Å². The zero-order valence-corrected chi connectivity index (χ0v) is 14.1. The van der Waals surface area contributed by atoms with Crippen LogP contribution in [0.15, 0.2) is 24.3 Å². The van der Waals surface area contributed by atoms with E-state index >= 15 is 0 Å². The van der Waals surface area contributed by atoms with Gasteiger partial charge in [0.05, 0.1) is 5.41 Å². The Labute approximate surface area is 143 Å². The molecule has 4 rings (SSSR count). The second-order valence-corrected chi connectivity index (χ2v) is 7.73. The molecule has 0 aliphatic heterocycles. The van der Waals surface area contributed by atoms with E-state index in [4.69, 9.17) is 0 Å². The van der Waals surface area contributed by atoms with Gasteiger partial charge in [0.25, 0.3) is 0 Å². The smallest absolute Gasteiger partial charge is 0.230 e. The average molecular weight is 326 g/mol. The van der Waals surface area contributed by atoms with Crippen molar-refractivity contribution >= 4 is 17.5 Å². The van der Waals surface area contributed by atoms with Crippen LogP contribution in [0.4, 0.5) is 5.69 Å². The maximum absolute atomic E-state index is 12.8. The molecular weight excluding hydrogens is 300 g/mol. The lowest BCUT2D eigenvalue weighted by atomic mass is 9.91. The average Bonchev–Trinajstić information content (AvgIpc) is 3.49. The van der Waals surface area contributed by atoms with Gasteiger partial charge in [-0.1, -0.05) is 31.4 Å². The maximum atomic E-state index is 12.8. The Bertz CT molecular complexity index is 624. The van der Waals surface area contributed by atoms with E-state index in [-0.39, 0.29) is 23.1 Å². The van der Waals surface area contributed by atoms with Gasteiger partial charge in [0, 0.05) is 17.6 Å². The largest absolute Gasteiger partial charge is 0.353 e. The van der Waals surface area contributed by atoms with E-state index < -0.39 is 0 Å². The molecule has 0 saturated heterocycles. The molecular formula is C20H26N2O2. The molecule has 3 aliphatic carbocycles. The predicted molar refractivity (Wildman–Crippen MR) is 93.7 cm³/mol. The van der Waals surface area contributed by atoms with Crippen molar-refractivity contribution < 1.29 is 9.59 Å². The first-order valence-electron chi connectivity index (χ1n) is 9.40. The number of carbonyl (C=O) groups excluding carboxylic acids is 2. The van der Waals surface area contributed by atoms with Crippen LogP contribution in [0.5, 0.6) is 0 Å². The Morgan fingerprint density at radius 1 is 0.917 bits per heavy atom. The first-order valence-corrected chi connectivity index (χ1v) is 9.40. The van der Waals surface area contributed by atoms with Crippen molar-refractivity contribution in [3.05, 3.63) is 29.8 Å². The van der Waals surface area contributed by atoms with Crippen molar-refractivity contribution in [3.63, 3.8) is 0 Å². The Morgan fingerprint density at radius 2 is 1.58 bits per heavy atom.